The molecule has 1 aromatic carbocycles. The molecule has 0 N–H and O–H groups in total. The monoisotopic (exact) mass is 180 g/mol. The van der Waals surface area contributed by atoms with Crippen molar-refractivity contribution in [3.05, 3.63) is 41.3 Å². The van der Waals surface area contributed by atoms with Gasteiger partial charge in [0.05, 0.1) is 16.7 Å². The lowest BCUT2D eigenvalue weighted by Crippen LogP contribution is -1.82. The highest BCUT2D eigenvalue weighted by Crippen LogP contribution is 2.20. The summed E-state index contributed by atoms with van der Waals surface area (Å²) in [6, 6.07) is 7.43. The second-order valence-electron chi connectivity index (χ2n) is 2.39. The maximum absolute atomic E-state index is 12.6. The van der Waals surface area contributed by atoms with Gasteiger partial charge in [0.25, 0.3) is 0 Å². The van der Waals surface area contributed by atoms with Gasteiger partial charge in [0, 0.05) is 5.39 Å². The van der Waals surface area contributed by atoms with E-state index in [0.717, 1.165) is 6.20 Å². The van der Waals surface area contributed by atoms with Crippen LogP contribution in [0.3, 0.4) is 0 Å². The van der Waals surface area contributed by atoms with Crippen LogP contribution in [0.4, 0.5) is 4.39 Å². The highest BCUT2D eigenvalue weighted by atomic mass is 35.5. The Hall–Kier alpha value is -1.15. The van der Waals surface area contributed by atoms with Gasteiger partial charge in [-0.15, -0.1) is 0 Å². The third-order valence-corrected chi connectivity index (χ3v) is 1.85. The number of rotatable bonds is 0. The van der Waals surface area contributed by atoms with Crippen molar-refractivity contribution >= 4 is 22.5 Å². The van der Waals surface area contributed by atoms with Crippen molar-refractivity contribution in [1.82, 2.24) is 4.98 Å². The fraction of sp³-hybridized carbons (Fsp3) is 0. The van der Waals surface area contributed by atoms with Gasteiger partial charge in [-0.05, 0) is 24.3 Å². The number of hydrogen-bond acceptors (Lipinski definition) is 1. The smallest absolute Gasteiger partial charge is 0.142 e. The molecule has 2 rings (SSSR count). The van der Waals surface area contributed by atoms with Crippen LogP contribution < -0.4 is 0 Å². The molecule has 12 heavy (non-hydrogen) atoms. The molecule has 1 heterocycles. The van der Waals surface area contributed by atoms with E-state index in [1.807, 2.05) is 0 Å². The molecule has 0 aliphatic heterocycles. The number of aromatic nitrogens is 1. The first kappa shape index (κ1) is 7.50. The fourth-order valence-electron chi connectivity index (χ4n) is 1.04. The van der Waals surface area contributed by atoms with Crippen molar-refractivity contribution in [3.8, 4) is 0 Å². The van der Waals surface area contributed by atoms with Crippen LogP contribution in [-0.2, 0) is 0 Å². The van der Waals surface area contributed by atoms with Gasteiger partial charge in [-0.2, -0.15) is 0 Å². The van der Waals surface area contributed by atoms with Crippen LogP contribution in [0.15, 0.2) is 24.4 Å². The average molecular weight is 181 g/mol. The summed E-state index contributed by atoms with van der Waals surface area (Å²) < 4.78 is 12.6. The van der Waals surface area contributed by atoms with Crippen LogP contribution in [0.2, 0.25) is 5.02 Å². The van der Waals surface area contributed by atoms with Gasteiger partial charge in [0.1, 0.15) is 5.82 Å². The number of pyridine rings is 1. The lowest BCUT2D eigenvalue weighted by molar-refractivity contribution is 0.624. The number of benzene rings is 1. The van der Waals surface area contributed by atoms with Crippen molar-refractivity contribution in [3.63, 3.8) is 0 Å². The van der Waals surface area contributed by atoms with Crippen LogP contribution in [0.5, 0.6) is 0 Å². The molecular formula is C9H4ClFN. The SMILES string of the molecule is Fc1cnc2c(Cl)c[c]cc2c1. The zero-order valence-electron chi connectivity index (χ0n) is 6.01. The minimum atomic E-state index is -0.363. The standard InChI is InChI=1S/C9H4ClFN/c10-8-3-1-2-6-4-7(11)5-12-9(6)8/h2-5H. The summed E-state index contributed by atoms with van der Waals surface area (Å²) in [6.45, 7) is 0. The largest absolute Gasteiger partial charge is 0.252 e. The molecule has 1 radical (unpaired) electrons. The van der Waals surface area contributed by atoms with Crippen molar-refractivity contribution in [2.45, 2.75) is 0 Å². The van der Waals surface area contributed by atoms with Gasteiger partial charge in [-0.1, -0.05) is 11.6 Å². The molecule has 1 nitrogen and oxygen atoms in total. The van der Waals surface area contributed by atoms with Crippen molar-refractivity contribution in [2.75, 3.05) is 0 Å². The summed E-state index contributed by atoms with van der Waals surface area (Å²) in [6.07, 6.45) is 1.15. The topological polar surface area (TPSA) is 12.9 Å². The third-order valence-electron chi connectivity index (χ3n) is 1.56. The van der Waals surface area contributed by atoms with E-state index in [9.17, 15) is 4.39 Å². The third kappa shape index (κ3) is 1.14. The number of nitrogens with zero attached hydrogens (tertiary/aromatic N) is 1. The molecular weight excluding hydrogens is 177 g/mol. The second kappa shape index (κ2) is 2.72. The van der Waals surface area contributed by atoms with E-state index in [4.69, 9.17) is 11.6 Å². The molecule has 0 aliphatic carbocycles. The van der Waals surface area contributed by atoms with Crippen LogP contribution in [0.25, 0.3) is 10.9 Å². The molecule has 0 spiro atoms. The Balaban J connectivity index is 2.86. The van der Waals surface area contributed by atoms with Gasteiger partial charge >= 0.3 is 0 Å². The molecule has 0 fully saturated rings. The molecule has 1 aromatic heterocycles. The molecule has 0 amide bonds. The second-order valence-corrected chi connectivity index (χ2v) is 2.80. The Bertz CT molecular complexity index is 428. The maximum atomic E-state index is 12.6. The van der Waals surface area contributed by atoms with E-state index in [2.05, 4.69) is 11.1 Å². The van der Waals surface area contributed by atoms with Gasteiger partial charge in [-0.25, -0.2) is 4.39 Å². The molecule has 3 heteroatoms. The summed E-state index contributed by atoms with van der Waals surface area (Å²) in [5.74, 6) is -0.363. The van der Waals surface area contributed by atoms with E-state index in [0.29, 0.717) is 15.9 Å². The molecule has 59 valence electrons. The highest BCUT2D eigenvalue weighted by Gasteiger charge is 1.99. The van der Waals surface area contributed by atoms with Crippen LogP contribution in [-0.4, -0.2) is 4.98 Å². The highest BCUT2D eigenvalue weighted by molar-refractivity contribution is 6.34. The van der Waals surface area contributed by atoms with Crippen LogP contribution in [0, 0.1) is 11.9 Å². The Kier molecular flexibility index (Phi) is 1.70. The molecule has 0 bridgehead atoms. The number of fused-ring (bicyclic) bond motifs is 1. The molecule has 0 saturated heterocycles. The first-order valence-electron chi connectivity index (χ1n) is 3.38. The molecule has 2 aromatic rings. The van der Waals surface area contributed by atoms with E-state index in [-0.39, 0.29) is 5.82 Å². The first-order valence-corrected chi connectivity index (χ1v) is 3.76. The molecule has 0 unspecified atom stereocenters. The number of halogens is 2. The molecule has 0 aliphatic rings. The Labute approximate surface area is 73.8 Å². The molecule has 0 saturated carbocycles. The number of hydrogen-bond donors (Lipinski definition) is 0. The lowest BCUT2D eigenvalue weighted by atomic mass is 10.2. The zero-order valence-corrected chi connectivity index (χ0v) is 6.77. The minimum absolute atomic E-state index is 0.363. The maximum Gasteiger partial charge on any atom is 0.142 e. The van der Waals surface area contributed by atoms with Gasteiger partial charge in [-0.3, -0.25) is 4.98 Å². The predicted molar refractivity (Wildman–Crippen MR) is 45.5 cm³/mol. The Morgan fingerprint density at radius 1 is 1.42 bits per heavy atom. The van der Waals surface area contributed by atoms with Crippen molar-refractivity contribution in [2.24, 2.45) is 0 Å². The Morgan fingerprint density at radius 2 is 2.25 bits per heavy atom. The summed E-state index contributed by atoms with van der Waals surface area (Å²) in [4.78, 5) is 3.85. The quantitative estimate of drug-likeness (QED) is 0.608. The Morgan fingerprint density at radius 3 is 3.08 bits per heavy atom. The van der Waals surface area contributed by atoms with Crippen LogP contribution >= 0.6 is 11.6 Å². The summed E-state index contributed by atoms with van der Waals surface area (Å²) in [5, 5.41) is 1.16. The molecule has 0 atom stereocenters. The normalized spacial score (nSPS) is 10.5. The van der Waals surface area contributed by atoms with Crippen LogP contribution in [0.1, 0.15) is 0 Å². The van der Waals surface area contributed by atoms with E-state index >= 15 is 0 Å². The predicted octanol–water partition coefficient (Wildman–Crippen LogP) is 2.83. The van der Waals surface area contributed by atoms with Crippen molar-refractivity contribution < 1.29 is 4.39 Å². The van der Waals surface area contributed by atoms with E-state index in [1.54, 1.807) is 12.1 Å². The fourth-order valence-corrected chi connectivity index (χ4v) is 1.26. The summed E-state index contributed by atoms with van der Waals surface area (Å²) in [7, 11) is 0. The average Bonchev–Trinajstić information content (AvgIpc) is 2.04. The van der Waals surface area contributed by atoms with Gasteiger partial charge in [0.15, 0.2) is 0 Å². The van der Waals surface area contributed by atoms with Gasteiger partial charge in [0.2, 0.25) is 0 Å². The van der Waals surface area contributed by atoms with Crippen molar-refractivity contribution in [1.29, 1.82) is 0 Å². The van der Waals surface area contributed by atoms with E-state index in [1.165, 1.54) is 6.07 Å². The zero-order chi connectivity index (χ0) is 8.55. The summed E-state index contributed by atoms with van der Waals surface area (Å²) in [5.41, 5.74) is 0.608. The minimum Gasteiger partial charge on any atom is -0.252 e. The first-order chi connectivity index (χ1) is 5.77. The lowest BCUT2D eigenvalue weighted by Gasteiger charge is -1.97. The summed E-state index contributed by atoms with van der Waals surface area (Å²) >= 11 is 5.79. The van der Waals surface area contributed by atoms with Gasteiger partial charge < -0.3 is 0 Å². The van der Waals surface area contributed by atoms with E-state index < -0.39 is 0 Å².